The van der Waals surface area contributed by atoms with Gasteiger partial charge in [0, 0.05) is 12.6 Å². The Morgan fingerprint density at radius 3 is 2.59 bits per heavy atom. The van der Waals surface area contributed by atoms with Crippen molar-refractivity contribution in [3.05, 3.63) is 30.3 Å². The van der Waals surface area contributed by atoms with Gasteiger partial charge in [-0.3, -0.25) is 0 Å². The molecule has 0 radical (unpaired) electrons. The maximum Gasteiger partial charge on any atom is 0.243 e. The smallest absolute Gasteiger partial charge is 0.207 e. The zero-order valence-electron chi connectivity index (χ0n) is 10.2. The van der Waals surface area contributed by atoms with Crippen LogP contribution in [0.15, 0.2) is 35.2 Å². The molecule has 94 valence electrons. The van der Waals surface area contributed by atoms with E-state index in [1.54, 1.807) is 28.6 Å². The third-order valence-corrected chi connectivity index (χ3v) is 5.36. The summed E-state index contributed by atoms with van der Waals surface area (Å²) >= 11 is 0. The predicted octanol–water partition coefficient (Wildman–Crippen LogP) is 2.64. The van der Waals surface area contributed by atoms with Crippen LogP contribution < -0.4 is 0 Å². The van der Waals surface area contributed by atoms with E-state index in [1.807, 2.05) is 6.07 Å². The molecule has 1 heterocycles. The number of hydrogen-bond acceptors (Lipinski definition) is 2. The zero-order valence-corrected chi connectivity index (χ0v) is 11.0. The number of nitrogens with zero attached hydrogens (tertiary/aromatic N) is 1. The largest absolute Gasteiger partial charge is 0.243 e. The van der Waals surface area contributed by atoms with E-state index in [2.05, 4.69) is 6.92 Å². The van der Waals surface area contributed by atoms with Gasteiger partial charge in [-0.15, -0.1) is 0 Å². The predicted molar refractivity (Wildman–Crippen MR) is 68.3 cm³/mol. The van der Waals surface area contributed by atoms with E-state index in [-0.39, 0.29) is 6.04 Å². The monoisotopic (exact) mass is 253 g/mol. The van der Waals surface area contributed by atoms with Gasteiger partial charge in [0.2, 0.25) is 10.0 Å². The average molecular weight is 253 g/mol. The first-order chi connectivity index (χ1) is 8.16. The van der Waals surface area contributed by atoms with Gasteiger partial charge >= 0.3 is 0 Å². The molecule has 1 aromatic carbocycles. The SMILES string of the molecule is CC[C@H]1CCCCN1S(=O)(=O)c1ccccc1. The van der Waals surface area contributed by atoms with Gasteiger partial charge in [0.15, 0.2) is 0 Å². The van der Waals surface area contributed by atoms with Crippen LogP contribution in [0.5, 0.6) is 0 Å². The van der Waals surface area contributed by atoms with E-state index in [0.29, 0.717) is 11.4 Å². The van der Waals surface area contributed by atoms with Gasteiger partial charge in [0.25, 0.3) is 0 Å². The van der Waals surface area contributed by atoms with Crippen LogP contribution in [0.4, 0.5) is 0 Å². The van der Waals surface area contributed by atoms with E-state index in [1.165, 1.54) is 0 Å². The second-order valence-electron chi connectivity index (χ2n) is 4.49. The topological polar surface area (TPSA) is 37.4 Å². The molecule has 0 amide bonds. The van der Waals surface area contributed by atoms with Crippen LogP contribution in [0, 0.1) is 0 Å². The minimum absolute atomic E-state index is 0.175. The normalized spacial score (nSPS) is 22.5. The Kier molecular flexibility index (Phi) is 3.84. The molecule has 1 saturated heterocycles. The van der Waals surface area contributed by atoms with Crippen LogP contribution in [-0.2, 0) is 10.0 Å². The summed E-state index contributed by atoms with van der Waals surface area (Å²) in [5.74, 6) is 0. The molecular weight excluding hydrogens is 234 g/mol. The summed E-state index contributed by atoms with van der Waals surface area (Å²) in [5.41, 5.74) is 0. The lowest BCUT2D eigenvalue weighted by Gasteiger charge is -2.34. The lowest BCUT2D eigenvalue weighted by atomic mass is 10.0. The van der Waals surface area contributed by atoms with Crippen LogP contribution in [-0.4, -0.2) is 25.3 Å². The van der Waals surface area contributed by atoms with Crippen LogP contribution >= 0.6 is 0 Å². The summed E-state index contributed by atoms with van der Waals surface area (Å²) in [6, 6.07) is 8.92. The quantitative estimate of drug-likeness (QED) is 0.830. The molecule has 0 bridgehead atoms. The highest BCUT2D eigenvalue weighted by molar-refractivity contribution is 7.89. The van der Waals surface area contributed by atoms with Gasteiger partial charge < -0.3 is 0 Å². The van der Waals surface area contributed by atoms with Crippen molar-refractivity contribution in [1.29, 1.82) is 0 Å². The summed E-state index contributed by atoms with van der Waals surface area (Å²) in [6.45, 7) is 2.72. The summed E-state index contributed by atoms with van der Waals surface area (Å²) in [7, 11) is -3.29. The molecule has 2 rings (SSSR count). The van der Waals surface area contributed by atoms with E-state index in [0.717, 1.165) is 25.7 Å². The van der Waals surface area contributed by atoms with E-state index < -0.39 is 10.0 Å². The molecule has 0 N–H and O–H groups in total. The molecule has 17 heavy (non-hydrogen) atoms. The molecule has 0 unspecified atom stereocenters. The van der Waals surface area contributed by atoms with Crippen molar-refractivity contribution in [2.75, 3.05) is 6.54 Å². The molecule has 4 heteroatoms. The van der Waals surface area contributed by atoms with Gasteiger partial charge in [-0.1, -0.05) is 31.5 Å². The Morgan fingerprint density at radius 2 is 1.94 bits per heavy atom. The fraction of sp³-hybridized carbons (Fsp3) is 0.538. The lowest BCUT2D eigenvalue weighted by molar-refractivity contribution is 0.246. The minimum atomic E-state index is -3.29. The van der Waals surface area contributed by atoms with E-state index in [4.69, 9.17) is 0 Å². The van der Waals surface area contributed by atoms with E-state index >= 15 is 0 Å². The molecule has 1 atom stereocenters. The number of piperidine rings is 1. The second kappa shape index (κ2) is 5.19. The van der Waals surface area contributed by atoms with Crippen molar-refractivity contribution in [3.63, 3.8) is 0 Å². The highest BCUT2D eigenvalue weighted by atomic mass is 32.2. The first-order valence-electron chi connectivity index (χ1n) is 6.23. The first-order valence-corrected chi connectivity index (χ1v) is 7.67. The van der Waals surface area contributed by atoms with Crippen molar-refractivity contribution in [2.45, 2.75) is 43.5 Å². The van der Waals surface area contributed by atoms with Gasteiger partial charge in [-0.25, -0.2) is 8.42 Å². The highest BCUT2D eigenvalue weighted by Gasteiger charge is 2.32. The van der Waals surface area contributed by atoms with Crippen molar-refractivity contribution < 1.29 is 8.42 Å². The highest BCUT2D eigenvalue weighted by Crippen LogP contribution is 2.26. The summed E-state index contributed by atoms with van der Waals surface area (Å²) in [5, 5.41) is 0. The Hall–Kier alpha value is -0.870. The molecule has 0 aliphatic carbocycles. The molecule has 1 aliphatic heterocycles. The molecule has 0 saturated carbocycles. The Morgan fingerprint density at radius 1 is 1.24 bits per heavy atom. The third-order valence-electron chi connectivity index (χ3n) is 3.39. The van der Waals surface area contributed by atoms with E-state index in [9.17, 15) is 8.42 Å². The van der Waals surface area contributed by atoms with Crippen LogP contribution in [0.2, 0.25) is 0 Å². The Labute approximate surface area is 104 Å². The first kappa shape index (κ1) is 12.6. The molecular formula is C13H19NO2S. The second-order valence-corrected chi connectivity index (χ2v) is 6.38. The van der Waals surface area contributed by atoms with Crippen molar-refractivity contribution >= 4 is 10.0 Å². The molecule has 0 aromatic heterocycles. The van der Waals surface area contributed by atoms with Gasteiger partial charge in [0.05, 0.1) is 4.90 Å². The lowest BCUT2D eigenvalue weighted by Crippen LogP contribution is -2.43. The summed E-state index contributed by atoms with van der Waals surface area (Å²) in [6.07, 6.45) is 4.00. The van der Waals surface area contributed by atoms with Crippen LogP contribution in [0.3, 0.4) is 0 Å². The van der Waals surface area contributed by atoms with Crippen molar-refractivity contribution in [2.24, 2.45) is 0 Å². The minimum Gasteiger partial charge on any atom is -0.207 e. The maximum absolute atomic E-state index is 12.5. The number of hydrogen-bond donors (Lipinski definition) is 0. The Bertz CT molecular complexity index is 456. The van der Waals surface area contributed by atoms with Gasteiger partial charge in [-0.2, -0.15) is 4.31 Å². The molecule has 1 aliphatic rings. The molecule has 1 fully saturated rings. The number of benzene rings is 1. The van der Waals surface area contributed by atoms with Crippen molar-refractivity contribution in [3.8, 4) is 0 Å². The van der Waals surface area contributed by atoms with Crippen LogP contribution in [0.25, 0.3) is 0 Å². The number of rotatable bonds is 3. The standard InChI is InChI=1S/C13H19NO2S/c1-2-12-8-6-7-11-14(12)17(15,16)13-9-4-3-5-10-13/h3-5,9-10,12H,2,6-8,11H2,1H3/t12-/m0/s1. The fourth-order valence-electron chi connectivity index (χ4n) is 2.43. The Balaban J connectivity index is 2.31. The molecule has 1 aromatic rings. The van der Waals surface area contributed by atoms with Gasteiger partial charge in [0.1, 0.15) is 0 Å². The summed E-state index contributed by atoms with van der Waals surface area (Å²) < 4.78 is 26.7. The number of sulfonamides is 1. The van der Waals surface area contributed by atoms with Gasteiger partial charge in [-0.05, 0) is 31.4 Å². The fourth-order valence-corrected chi connectivity index (χ4v) is 4.21. The van der Waals surface area contributed by atoms with Crippen molar-refractivity contribution in [1.82, 2.24) is 4.31 Å². The summed E-state index contributed by atoms with van der Waals surface area (Å²) in [4.78, 5) is 0.417. The molecule has 0 spiro atoms. The van der Waals surface area contributed by atoms with Crippen LogP contribution in [0.1, 0.15) is 32.6 Å². The molecule has 3 nitrogen and oxygen atoms in total. The zero-order chi connectivity index (χ0) is 12.3. The maximum atomic E-state index is 12.5. The third kappa shape index (κ3) is 2.53. The average Bonchev–Trinajstić information content (AvgIpc) is 2.39.